The van der Waals surface area contributed by atoms with Crippen LogP contribution >= 0.6 is 0 Å². The van der Waals surface area contributed by atoms with Crippen LogP contribution in [0.25, 0.3) is 0 Å². The van der Waals surface area contributed by atoms with Gasteiger partial charge in [0.25, 0.3) is 0 Å². The number of carbonyl (C=O) groups is 2. The van der Waals surface area contributed by atoms with Gasteiger partial charge in [0.05, 0.1) is 12.5 Å². The number of amides is 1. The fourth-order valence-electron chi connectivity index (χ4n) is 2.83. The number of aliphatic carboxylic acids is 1. The minimum absolute atomic E-state index is 0.314. The summed E-state index contributed by atoms with van der Waals surface area (Å²) in [6, 6.07) is 13.5. The fourth-order valence-corrected chi connectivity index (χ4v) is 2.83. The zero-order valence-electron chi connectivity index (χ0n) is 13.4. The van der Waals surface area contributed by atoms with Crippen LogP contribution in [0.4, 0.5) is 0 Å². The summed E-state index contributed by atoms with van der Waals surface area (Å²) in [6.07, 6.45) is 0.754. The first kappa shape index (κ1) is 16.1. The number of carboxylic acids is 1. The van der Waals surface area contributed by atoms with E-state index >= 15 is 0 Å². The number of hydrogen-bond donors (Lipinski definition) is 2. The van der Waals surface area contributed by atoms with E-state index in [1.54, 1.807) is 25.1 Å². The first-order valence-corrected chi connectivity index (χ1v) is 7.90. The molecule has 1 unspecified atom stereocenters. The number of fused-ring (bicyclic) bond motifs is 1. The number of rotatable bonds is 5. The summed E-state index contributed by atoms with van der Waals surface area (Å²) >= 11 is 0. The highest BCUT2D eigenvalue weighted by Gasteiger charge is 2.26. The van der Waals surface area contributed by atoms with Gasteiger partial charge in [-0.3, -0.25) is 4.79 Å². The highest BCUT2D eigenvalue weighted by atomic mass is 16.5. The SMILES string of the molecule is C[C@H](C(=O)NC(C(=O)O)c1ccc2c(c1)CCO2)c1ccccc1. The molecule has 1 aliphatic heterocycles. The summed E-state index contributed by atoms with van der Waals surface area (Å²) < 4.78 is 5.44. The monoisotopic (exact) mass is 325 g/mol. The van der Waals surface area contributed by atoms with E-state index in [1.165, 1.54) is 0 Å². The Bertz CT molecular complexity index is 757. The maximum absolute atomic E-state index is 12.5. The minimum atomic E-state index is -1.08. The molecule has 5 nitrogen and oxygen atoms in total. The lowest BCUT2D eigenvalue weighted by atomic mass is 9.98. The van der Waals surface area contributed by atoms with Crippen molar-refractivity contribution in [3.05, 3.63) is 65.2 Å². The molecule has 2 N–H and O–H groups in total. The lowest BCUT2D eigenvalue weighted by Crippen LogP contribution is -2.36. The highest BCUT2D eigenvalue weighted by molar-refractivity contribution is 5.88. The van der Waals surface area contributed by atoms with Crippen LogP contribution in [0.1, 0.15) is 35.6 Å². The van der Waals surface area contributed by atoms with Crippen molar-refractivity contribution in [3.63, 3.8) is 0 Å². The average molecular weight is 325 g/mol. The molecule has 0 bridgehead atoms. The standard InChI is InChI=1S/C19H19NO4/c1-12(13-5-3-2-4-6-13)18(21)20-17(19(22)23)15-7-8-16-14(11-15)9-10-24-16/h2-8,11-12,17H,9-10H2,1H3,(H,20,21)(H,22,23)/t12-,17?/m0/s1. The van der Waals surface area contributed by atoms with E-state index in [4.69, 9.17) is 4.74 Å². The first-order valence-electron chi connectivity index (χ1n) is 7.90. The van der Waals surface area contributed by atoms with Crippen LogP contribution in [0.5, 0.6) is 5.75 Å². The first-order chi connectivity index (χ1) is 11.6. The van der Waals surface area contributed by atoms with E-state index in [1.807, 2.05) is 30.3 Å². The van der Waals surface area contributed by atoms with Gasteiger partial charge in [-0.15, -0.1) is 0 Å². The Labute approximate surface area is 140 Å². The van der Waals surface area contributed by atoms with Gasteiger partial charge < -0.3 is 15.2 Å². The van der Waals surface area contributed by atoms with Gasteiger partial charge in [0.1, 0.15) is 5.75 Å². The molecule has 0 aliphatic carbocycles. The second-order valence-electron chi connectivity index (χ2n) is 5.88. The van der Waals surface area contributed by atoms with Gasteiger partial charge >= 0.3 is 5.97 Å². The fraction of sp³-hybridized carbons (Fsp3) is 0.263. The van der Waals surface area contributed by atoms with E-state index < -0.39 is 17.9 Å². The van der Waals surface area contributed by atoms with Gasteiger partial charge in [0.2, 0.25) is 5.91 Å². The predicted molar refractivity (Wildman–Crippen MR) is 89.0 cm³/mol. The molecular weight excluding hydrogens is 306 g/mol. The number of ether oxygens (including phenoxy) is 1. The summed E-state index contributed by atoms with van der Waals surface area (Å²) in [5.41, 5.74) is 2.38. The molecule has 1 amide bonds. The van der Waals surface area contributed by atoms with Crippen molar-refractivity contribution < 1.29 is 19.4 Å². The molecule has 0 radical (unpaired) electrons. The molecule has 1 aliphatic rings. The van der Waals surface area contributed by atoms with Gasteiger partial charge in [0.15, 0.2) is 6.04 Å². The summed E-state index contributed by atoms with van der Waals surface area (Å²) in [4.78, 5) is 24.1. The summed E-state index contributed by atoms with van der Waals surface area (Å²) in [5, 5.41) is 12.2. The molecule has 0 fully saturated rings. The summed E-state index contributed by atoms with van der Waals surface area (Å²) in [7, 11) is 0. The maximum atomic E-state index is 12.5. The number of hydrogen-bond acceptors (Lipinski definition) is 3. The molecule has 1 heterocycles. The molecule has 5 heteroatoms. The van der Waals surface area contributed by atoms with Crippen molar-refractivity contribution in [2.75, 3.05) is 6.61 Å². The normalized spacial score (nSPS) is 15.0. The van der Waals surface area contributed by atoms with Crippen molar-refractivity contribution in [2.24, 2.45) is 0 Å². The van der Waals surface area contributed by atoms with Crippen LogP contribution in [-0.4, -0.2) is 23.6 Å². The van der Waals surface area contributed by atoms with Crippen LogP contribution < -0.4 is 10.1 Å². The van der Waals surface area contributed by atoms with Crippen molar-refractivity contribution >= 4 is 11.9 Å². The van der Waals surface area contributed by atoms with Crippen LogP contribution in [0, 0.1) is 0 Å². The molecule has 0 spiro atoms. The molecule has 0 saturated heterocycles. The summed E-state index contributed by atoms with van der Waals surface area (Å²) in [5.74, 6) is -1.04. The lowest BCUT2D eigenvalue weighted by molar-refractivity contribution is -0.142. The Morgan fingerprint density at radius 3 is 2.58 bits per heavy atom. The molecule has 0 aromatic heterocycles. The van der Waals surface area contributed by atoms with Crippen molar-refractivity contribution in [2.45, 2.75) is 25.3 Å². The van der Waals surface area contributed by atoms with Crippen molar-refractivity contribution in [3.8, 4) is 5.75 Å². The lowest BCUT2D eigenvalue weighted by Gasteiger charge is -2.19. The van der Waals surface area contributed by atoms with Crippen LogP contribution in [-0.2, 0) is 16.0 Å². The Hall–Kier alpha value is -2.82. The summed E-state index contributed by atoms with van der Waals surface area (Å²) in [6.45, 7) is 2.37. The number of benzene rings is 2. The third-order valence-corrected chi connectivity index (χ3v) is 4.27. The van der Waals surface area contributed by atoms with E-state index in [-0.39, 0.29) is 5.91 Å². The zero-order chi connectivity index (χ0) is 17.1. The van der Waals surface area contributed by atoms with Gasteiger partial charge in [-0.25, -0.2) is 4.79 Å². The van der Waals surface area contributed by atoms with Crippen LogP contribution in [0.2, 0.25) is 0 Å². The van der Waals surface area contributed by atoms with E-state index in [9.17, 15) is 14.7 Å². The van der Waals surface area contributed by atoms with Crippen LogP contribution in [0.3, 0.4) is 0 Å². The molecular formula is C19H19NO4. The topological polar surface area (TPSA) is 75.6 Å². The number of carboxylic acid groups (broad SMARTS) is 1. The molecule has 2 aromatic rings. The molecule has 24 heavy (non-hydrogen) atoms. The van der Waals surface area contributed by atoms with Gasteiger partial charge in [-0.2, -0.15) is 0 Å². The highest BCUT2D eigenvalue weighted by Crippen LogP contribution is 2.28. The molecule has 3 rings (SSSR count). The third kappa shape index (κ3) is 3.25. The van der Waals surface area contributed by atoms with Crippen LogP contribution in [0.15, 0.2) is 48.5 Å². The van der Waals surface area contributed by atoms with Crippen molar-refractivity contribution in [1.29, 1.82) is 0 Å². The Kier molecular flexibility index (Phi) is 4.51. The zero-order valence-corrected chi connectivity index (χ0v) is 13.4. The van der Waals surface area contributed by atoms with Gasteiger partial charge in [-0.05, 0) is 35.7 Å². The minimum Gasteiger partial charge on any atom is -0.493 e. The maximum Gasteiger partial charge on any atom is 0.330 e. The largest absolute Gasteiger partial charge is 0.493 e. The van der Waals surface area contributed by atoms with E-state index in [0.717, 1.165) is 23.3 Å². The molecule has 2 atom stereocenters. The van der Waals surface area contributed by atoms with E-state index in [0.29, 0.717) is 12.2 Å². The quantitative estimate of drug-likeness (QED) is 0.886. The van der Waals surface area contributed by atoms with Crippen molar-refractivity contribution in [1.82, 2.24) is 5.32 Å². The average Bonchev–Trinajstić information content (AvgIpc) is 3.06. The number of carbonyl (C=O) groups excluding carboxylic acids is 1. The van der Waals surface area contributed by atoms with E-state index in [2.05, 4.69) is 5.32 Å². The smallest absolute Gasteiger partial charge is 0.330 e. The molecule has 2 aromatic carbocycles. The third-order valence-electron chi connectivity index (χ3n) is 4.27. The Morgan fingerprint density at radius 1 is 1.12 bits per heavy atom. The second kappa shape index (κ2) is 6.74. The second-order valence-corrected chi connectivity index (χ2v) is 5.88. The molecule has 0 saturated carbocycles. The Balaban J connectivity index is 1.79. The van der Waals surface area contributed by atoms with Gasteiger partial charge in [0, 0.05) is 6.42 Å². The van der Waals surface area contributed by atoms with Gasteiger partial charge in [-0.1, -0.05) is 36.4 Å². The molecule has 124 valence electrons. The predicted octanol–water partition coefficient (Wildman–Crippen LogP) is 2.67. The Morgan fingerprint density at radius 2 is 1.88 bits per heavy atom. The number of nitrogens with one attached hydrogen (secondary N) is 1.